The second kappa shape index (κ2) is 7.20. The molecule has 4 heteroatoms. The van der Waals surface area contributed by atoms with Gasteiger partial charge in [-0.2, -0.15) is 0 Å². The number of ketones is 2. The minimum atomic E-state index is -1.01. The van der Waals surface area contributed by atoms with E-state index < -0.39 is 17.5 Å². The van der Waals surface area contributed by atoms with Gasteiger partial charge >= 0.3 is 11.8 Å². The second-order valence-electron chi connectivity index (χ2n) is 4.52. The third-order valence-corrected chi connectivity index (χ3v) is 3.22. The lowest BCUT2D eigenvalue weighted by Gasteiger charge is -2.20. The molecule has 4 nitrogen and oxygen atoms in total. The van der Waals surface area contributed by atoms with Crippen molar-refractivity contribution in [2.24, 2.45) is 5.92 Å². The topological polar surface area (TPSA) is 60.4 Å². The minimum Gasteiger partial charge on any atom is -0.460 e. The number of rotatable bonds is 6. The molecule has 0 heterocycles. The quantitative estimate of drug-likeness (QED) is 0.405. The Bertz CT molecular complexity index is 290. The smallest absolute Gasteiger partial charge is 0.382 e. The number of hydrogen-bond acceptors (Lipinski definition) is 4. The highest BCUT2D eigenvalue weighted by atomic mass is 16.5. The van der Waals surface area contributed by atoms with Gasteiger partial charge in [-0.25, -0.2) is 4.79 Å². The lowest BCUT2D eigenvalue weighted by atomic mass is 9.85. The fourth-order valence-electron chi connectivity index (χ4n) is 2.24. The van der Waals surface area contributed by atoms with Crippen molar-refractivity contribution >= 4 is 17.5 Å². The molecule has 0 amide bonds. The Labute approximate surface area is 102 Å². The third-order valence-electron chi connectivity index (χ3n) is 3.22. The second-order valence-corrected chi connectivity index (χ2v) is 4.52. The molecule has 17 heavy (non-hydrogen) atoms. The molecule has 0 bridgehead atoms. The maximum absolute atomic E-state index is 11.5. The zero-order chi connectivity index (χ0) is 12.7. The Morgan fingerprint density at radius 1 is 1.12 bits per heavy atom. The highest BCUT2D eigenvalue weighted by Crippen LogP contribution is 2.27. The molecule has 1 aliphatic rings. The van der Waals surface area contributed by atoms with Crippen molar-refractivity contribution in [3.05, 3.63) is 0 Å². The van der Waals surface area contributed by atoms with Crippen molar-refractivity contribution in [1.29, 1.82) is 0 Å². The molecule has 0 radical (unpaired) electrons. The van der Waals surface area contributed by atoms with Gasteiger partial charge in [0.1, 0.15) is 0 Å². The number of carbonyl (C=O) groups excluding carboxylic acids is 3. The monoisotopic (exact) mass is 240 g/mol. The largest absolute Gasteiger partial charge is 0.460 e. The van der Waals surface area contributed by atoms with E-state index in [0.717, 1.165) is 19.3 Å². The number of carbonyl (C=O) groups is 3. The van der Waals surface area contributed by atoms with Crippen LogP contribution in [0.25, 0.3) is 0 Å². The van der Waals surface area contributed by atoms with E-state index in [4.69, 9.17) is 0 Å². The highest BCUT2D eigenvalue weighted by molar-refractivity contribution is 6.62. The number of ether oxygens (including phenoxy) is 1. The van der Waals surface area contributed by atoms with E-state index in [1.165, 1.54) is 19.3 Å². The molecule has 96 valence electrons. The molecule has 0 aliphatic heterocycles. The van der Waals surface area contributed by atoms with Crippen LogP contribution < -0.4 is 0 Å². The van der Waals surface area contributed by atoms with Crippen LogP contribution in [0.2, 0.25) is 0 Å². The van der Waals surface area contributed by atoms with Crippen LogP contribution in [-0.4, -0.2) is 24.1 Å². The molecule has 1 aliphatic carbocycles. The van der Waals surface area contributed by atoms with E-state index in [1.807, 2.05) is 0 Å². The Morgan fingerprint density at radius 3 is 2.35 bits per heavy atom. The zero-order valence-electron chi connectivity index (χ0n) is 10.4. The van der Waals surface area contributed by atoms with Crippen LogP contribution in [0.15, 0.2) is 0 Å². The summed E-state index contributed by atoms with van der Waals surface area (Å²) in [7, 11) is 0. The van der Waals surface area contributed by atoms with Crippen LogP contribution in [0.3, 0.4) is 0 Å². The molecule has 1 fully saturated rings. The Kier molecular flexibility index (Phi) is 5.87. The van der Waals surface area contributed by atoms with E-state index in [2.05, 4.69) is 4.74 Å². The Balaban J connectivity index is 2.28. The highest BCUT2D eigenvalue weighted by Gasteiger charge is 2.24. The first-order valence-corrected chi connectivity index (χ1v) is 6.39. The van der Waals surface area contributed by atoms with Gasteiger partial charge in [0, 0.05) is 6.42 Å². The average molecular weight is 240 g/mol. The molecule has 1 rings (SSSR count). The van der Waals surface area contributed by atoms with Crippen LogP contribution in [0.4, 0.5) is 0 Å². The summed E-state index contributed by atoms with van der Waals surface area (Å²) in [5, 5.41) is 0. The fourth-order valence-corrected chi connectivity index (χ4v) is 2.24. The van der Waals surface area contributed by atoms with Gasteiger partial charge in [-0.3, -0.25) is 9.59 Å². The van der Waals surface area contributed by atoms with Crippen molar-refractivity contribution in [2.75, 3.05) is 6.61 Å². The average Bonchev–Trinajstić information content (AvgIpc) is 2.36. The summed E-state index contributed by atoms with van der Waals surface area (Å²) in [6, 6.07) is 0. The summed E-state index contributed by atoms with van der Waals surface area (Å²) in [5.41, 5.74) is 0. The maximum atomic E-state index is 11.5. The predicted octanol–water partition coefficient (Wildman–Crippen LogP) is 2.05. The van der Waals surface area contributed by atoms with E-state index in [-0.39, 0.29) is 13.0 Å². The van der Waals surface area contributed by atoms with Crippen molar-refractivity contribution in [3.8, 4) is 0 Å². The summed E-state index contributed by atoms with van der Waals surface area (Å²) in [5.74, 6) is -2.07. The van der Waals surface area contributed by atoms with Gasteiger partial charge in [-0.05, 0) is 19.3 Å². The molecule has 0 spiro atoms. The first-order valence-electron chi connectivity index (χ1n) is 6.39. The van der Waals surface area contributed by atoms with Gasteiger partial charge in [0.15, 0.2) is 0 Å². The Morgan fingerprint density at radius 2 is 1.76 bits per heavy atom. The molecular weight excluding hydrogens is 220 g/mol. The predicted molar refractivity (Wildman–Crippen MR) is 62.5 cm³/mol. The van der Waals surface area contributed by atoms with E-state index in [0.29, 0.717) is 5.92 Å². The van der Waals surface area contributed by atoms with Gasteiger partial charge in [-0.1, -0.05) is 32.1 Å². The molecule has 1 saturated carbocycles. The van der Waals surface area contributed by atoms with Gasteiger partial charge < -0.3 is 4.74 Å². The molecule has 0 aromatic heterocycles. The van der Waals surface area contributed by atoms with Crippen molar-refractivity contribution in [2.45, 2.75) is 51.9 Å². The van der Waals surface area contributed by atoms with E-state index in [9.17, 15) is 14.4 Å². The van der Waals surface area contributed by atoms with Crippen molar-refractivity contribution in [3.63, 3.8) is 0 Å². The molecule has 0 N–H and O–H groups in total. The standard InChI is InChI=1S/C13H20O4/c1-2-17-13(16)12(15)11(14)9-8-10-6-4-3-5-7-10/h10H,2-9H2,1H3. The SMILES string of the molecule is CCOC(=O)C(=O)C(=O)CCC1CCCCC1. The molecule has 0 aromatic rings. The van der Waals surface area contributed by atoms with E-state index >= 15 is 0 Å². The van der Waals surface area contributed by atoms with Crippen LogP contribution in [0.5, 0.6) is 0 Å². The lowest BCUT2D eigenvalue weighted by molar-refractivity contribution is -0.156. The summed E-state index contributed by atoms with van der Waals surface area (Å²) in [6.07, 6.45) is 6.88. The first-order chi connectivity index (χ1) is 8.15. The summed E-state index contributed by atoms with van der Waals surface area (Å²) in [4.78, 5) is 33.8. The summed E-state index contributed by atoms with van der Waals surface area (Å²) in [6.45, 7) is 1.73. The van der Waals surface area contributed by atoms with E-state index in [1.54, 1.807) is 6.92 Å². The van der Waals surface area contributed by atoms with Crippen molar-refractivity contribution in [1.82, 2.24) is 0 Å². The molecule has 0 aromatic carbocycles. The zero-order valence-corrected chi connectivity index (χ0v) is 10.4. The maximum Gasteiger partial charge on any atom is 0.382 e. The molecule has 0 unspecified atom stereocenters. The van der Waals surface area contributed by atoms with Gasteiger partial charge in [-0.15, -0.1) is 0 Å². The number of esters is 1. The van der Waals surface area contributed by atoms with Crippen molar-refractivity contribution < 1.29 is 19.1 Å². The van der Waals surface area contributed by atoms with Crippen LogP contribution in [-0.2, 0) is 19.1 Å². The van der Waals surface area contributed by atoms with Gasteiger partial charge in [0.25, 0.3) is 0 Å². The summed E-state index contributed by atoms with van der Waals surface area (Å²) >= 11 is 0. The number of hydrogen-bond donors (Lipinski definition) is 0. The fraction of sp³-hybridized carbons (Fsp3) is 0.769. The first kappa shape index (κ1) is 13.9. The van der Waals surface area contributed by atoms with Crippen LogP contribution in [0.1, 0.15) is 51.9 Å². The summed E-state index contributed by atoms with van der Waals surface area (Å²) < 4.78 is 4.51. The molecule has 0 saturated heterocycles. The van der Waals surface area contributed by atoms with Crippen LogP contribution in [0, 0.1) is 5.92 Å². The van der Waals surface area contributed by atoms with Gasteiger partial charge in [0.05, 0.1) is 6.61 Å². The van der Waals surface area contributed by atoms with Crippen LogP contribution >= 0.6 is 0 Å². The molecular formula is C13H20O4. The number of Topliss-reactive ketones (excluding diaryl/α,β-unsaturated/α-hetero) is 2. The lowest BCUT2D eigenvalue weighted by Crippen LogP contribution is -2.26. The third kappa shape index (κ3) is 4.67. The normalized spacial score (nSPS) is 16.5. The minimum absolute atomic E-state index is 0.125. The van der Waals surface area contributed by atoms with Gasteiger partial charge in [0.2, 0.25) is 5.78 Å². The Hall–Kier alpha value is -1.19. The molecule has 0 atom stereocenters.